The summed E-state index contributed by atoms with van der Waals surface area (Å²) < 4.78 is 10.0. The number of amides is 1. The monoisotopic (exact) mass is 239 g/mol. The van der Waals surface area contributed by atoms with Gasteiger partial charge >= 0.3 is 0 Å². The predicted molar refractivity (Wildman–Crippen MR) is 63.2 cm³/mol. The van der Waals surface area contributed by atoms with Crippen molar-refractivity contribution in [3.05, 3.63) is 23.8 Å². The molecule has 0 unspecified atom stereocenters. The van der Waals surface area contributed by atoms with E-state index in [1.807, 2.05) is 6.92 Å². The average Bonchev–Trinajstić information content (AvgIpc) is 2.25. The van der Waals surface area contributed by atoms with Crippen LogP contribution in [0.2, 0.25) is 0 Å². The quantitative estimate of drug-likeness (QED) is 0.722. The lowest BCUT2D eigenvalue weighted by atomic mass is 10.2. The van der Waals surface area contributed by atoms with Crippen LogP contribution < -0.4 is 10.1 Å². The topological polar surface area (TPSA) is 67.8 Å². The number of ether oxygens (including phenoxy) is 2. The standard InChI is InChI=1S/C12H17NO4/c1-9-5-10(14)7-11(6-9)17-8-12(15)13-3-4-16-2/h5-7,14H,3-4,8H2,1-2H3,(H,13,15). The van der Waals surface area contributed by atoms with E-state index in [1.165, 1.54) is 6.07 Å². The van der Waals surface area contributed by atoms with Crippen molar-refractivity contribution < 1.29 is 19.4 Å². The molecule has 5 heteroatoms. The third kappa shape index (κ3) is 5.21. The Morgan fingerprint density at radius 2 is 2.18 bits per heavy atom. The fourth-order valence-electron chi connectivity index (χ4n) is 1.30. The van der Waals surface area contributed by atoms with Crippen LogP contribution in [-0.4, -0.2) is 37.9 Å². The number of carbonyl (C=O) groups excluding carboxylic acids is 1. The number of carbonyl (C=O) groups is 1. The second kappa shape index (κ2) is 6.75. The van der Waals surface area contributed by atoms with Gasteiger partial charge in [0, 0.05) is 19.7 Å². The summed E-state index contributed by atoms with van der Waals surface area (Å²) in [5.41, 5.74) is 0.875. The average molecular weight is 239 g/mol. The Bertz CT molecular complexity index is 359. The van der Waals surface area contributed by atoms with E-state index in [0.717, 1.165) is 5.56 Å². The van der Waals surface area contributed by atoms with Gasteiger partial charge in [0.05, 0.1) is 6.61 Å². The largest absolute Gasteiger partial charge is 0.508 e. The number of hydrogen-bond acceptors (Lipinski definition) is 4. The maximum absolute atomic E-state index is 11.3. The Labute approximate surface area is 100 Å². The number of aryl methyl sites for hydroxylation is 1. The van der Waals surface area contributed by atoms with E-state index in [0.29, 0.717) is 18.9 Å². The Morgan fingerprint density at radius 1 is 1.41 bits per heavy atom. The van der Waals surface area contributed by atoms with Crippen LogP contribution in [0.1, 0.15) is 5.56 Å². The molecular formula is C12H17NO4. The lowest BCUT2D eigenvalue weighted by molar-refractivity contribution is -0.123. The number of phenolic OH excluding ortho intramolecular Hbond substituents is 1. The Morgan fingerprint density at radius 3 is 2.82 bits per heavy atom. The molecule has 1 amide bonds. The molecule has 0 aliphatic rings. The third-order valence-corrected chi connectivity index (χ3v) is 2.03. The third-order valence-electron chi connectivity index (χ3n) is 2.03. The first kappa shape index (κ1) is 13.3. The molecule has 0 aromatic heterocycles. The summed E-state index contributed by atoms with van der Waals surface area (Å²) in [6.07, 6.45) is 0. The van der Waals surface area contributed by atoms with Crippen LogP contribution in [-0.2, 0) is 9.53 Å². The van der Waals surface area contributed by atoms with Crippen LogP contribution in [0.5, 0.6) is 11.5 Å². The van der Waals surface area contributed by atoms with Crippen LogP contribution >= 0.6 is 0 Å². The van der Waals surface area contributed by atoms with Crippen LogP contribution in [0.25, 0.3) is 0 Å². The van der Waals surface area contributed by atoms with E-state index in [-0.39, 0.29) is 18.3 Å². The first-order valence-electron chi connectivity index (χ1n) is 5.31. The summed E-state index contributed by atoms with van der Waals surface area (Å²) in [7, 11) is 1.57. The van der Waals surface area contributed by atoms with Gasteiger partial charge in [-0.15, -0.1) is 0 Å². The molecule has 1 aromatic rings. The van der Waals surface area contributed by atoms with Crippen molar-refractivity contribution in [3.63, 3.8) is 0 Å². The summed E-state index contributed by atoms with van der Waals surface area (Å²) in [5.74, 6) is 0.382. The van der Waals surface area contributed by atoms with Gasteiger partial charge in [-0.25, -0.2) is 0 Å². The van der Waals surface area contributed by atoms with Crippen LogP contribution in [0.4, 0.5) is 0 Å². The van der Waals surface area contributed by atoms with Gasteiger partial charge in [-0.3, -0.25) is 4.79 Å². The van der Waals surface area contributed by atoms with Gasteiger partial charge in [0.2, 0.25) is 0 Å². The SMILES string of the molecule is COCCNC(=O)COc1cc(C)cc(O)c1. The lowest BCUT2D eigenvalue weighted by Crippen LogP contribution is -2.31. The van der Waals surface area contributed by atoms with Gasteiger partial charge in [-0.2, -0.15) is 0 Å². The van der Waals surface area contributed by atoms with E-state index in [1.54, 1.807) is 19.2 Å². The Kier molecular flexibility index (Phi) is 5.29. The zero-order valence-electron chi connectivity index (χ0n) is 10.0. The van der Waals surface area contributed by atoms with E-state index >= 15 is 0 Å². The molecule has 0 bridgehead atoms. The number of phenols is 1. The van der Waals surface area contributed by atoms with E-state index < -0.39 is 0 Å². The molecule has 0 radical (unpaired) electrons. The summed E-state index contributed by atoms with van der Waals surface area (Å²) >= 11 is 0. The van der Waals surface area contributed by atoms with Crippen molar-refractivity contribution in [2.75, 3.05) is 26.9 Å². The maximum atomic E-state index is 11.3. The Hall–Kier alpha value is -1.75. The molecule has 0 saturated heterocycles. The zero-order chi connectivity index (χ0) is 12.7. The molecule has 1 aromatic carbocycles. The van der Waals surface area contributed by atoms with Gasteiger partial charge in [0.15, 0.2) is 6.61 Å². The molecule has 5 nitrogen and oxygen atoms in total. The van der Waals surface area contributed by atoms with E-state index in [9.17, 15) is 9.90 Å². The molecule has 0 aliphatic heterocycles. The van der Waals surface area contributed by atoms with Crippen molar-refractivity contribution in [2.24, 2.45) is 0 Å². The number of hydrogen-bond donors (Lipinski definition) is 2. The minimum absolute atomic E-state index is 0.0768. The van der Waals surface area contributed by atoms with Crippen molar-refractivity contribution in [1.82, 2.24) is 5.32 Å². The fourth-order valence-corrected chi connectivity index (χ4v) is 1.30. The molecule has 94 valence electrons. The number of rotatable bonds is 6. The van der Waals surface area contributed by atoms with Crippen molar-refractivity contribution >= 4 is 5.91 Å². The highest BCUT2D eigenvalue weighted by Crippen LogP contribution is 2.20. The molecule has 0 atom stereocenters. The molecule has 0 heterocycles. The lowest BCUT2D eigenvalue weighted by Gasteiger charge is -2.08. The highest BCUT2D eigenvalue weighted by atomic mass is 16.5. The molecule has 0 aliphatic carbocycles. The highest BCUT2D eigenvalue weighted by Gasteiger charge is 2.03. The van der Waals surface area contributed by atoms with Crippen molar-refractivity contribution in [1.29, 1.82) is 0 Å². The van der Waals surface area contributed by atoms with Crippen LogP contribution in [0.15, 0.2) is 18.2 Å². The predicted octanol–water partition coefficient (Wildman–Crippen LogP) is 0.842. The normalized spacial score (nSPS) is 10.0. The van der Waals surface area contributed by atoms with Gasteiger partial charge in [0.25, 0.3) is 5.91 Å². The second-order valence-electron chi connectivity index (χ2n) is 3.64. The summed E-state index contributed by atoms with van der Waals surface area (Å²) in [6.45, 7) is 2.69. The molecule has 0 spiro atoms. The van der Waals surface area contributed by atoms with E-state index in [2.05, 4.69) is 5.32 Å². The summed E-state index contributed by atoms with van der Waals surface area (Å²) in [5, 5.41) is 12.0. The van der Waals surface area contributed by atoms with E-state index in [4.69, 9.17) is 9.47 Å². The number of methoxy groups -OCH3 is 1. The molecule has 1 rings (SSSR count). The zero-order valence-corrected chi connectivity index (χ0v) is 10.0. The summed E-state index contributed by atoms with van der Waals surface area (Å²) in [6, 6.07) is 4.84. The minimum atomic E-state index is -0.219. The number of benzene rings is 1. The first-order chi connectivity index (χ1) is 8.11. The van der Waals surface area contributed by atoms with Gasteiger partial charge in [-0.1, -0.05) is 0 Å². The van der Waals surface area contributed by atoms with Gasteiger partial charge in [-0.05, 0) is 24.6 Å². The molecular weight excluding hydrogens is 222 g/mol. The van der Waals surface area contributed by atoms with Gasteiger partial charge in [0.1, 0.15) is 11.5 Å². The molecule has 0 saturated carbocycles. The van der Waals surface area contributed by atoms with Crippen LogP contribution in [0, 0.1) is 6.92 Å². The fraction of sp³-hybridized carbons (Fsp3) is 0.417. The van der Waals surface area contributed by atoms with Crippen molar-refractivity contribution in [2.45, 2.75) is 6.92 Å². The number of nitrogens with one attached hydrogen (secondary N) is 1. The minimum Gasteiger partial charge on any atom is -0.508 e. The highest BCUT2D eigenvalue weighted by molar-refractivity contribution is 5.77. The van der Waals surface area contributed by atoms with Crippen molar-refractivity contribution in [3.8, 4) is 11.5 Å². The molecule has 2 N–H and O–H groups in total. The molecule has 0 fully saturated rings. The number of aromatic hydroxyl groups is 1. The maximum Gasteiger partial charge on any atom is 0.258 e. The molecule has 17 heavy (non-hydrogen) atoms. The summed E-state index contributed by atoms with van der Waals surface area (Å²) in [4.78, 5) is 11.3. The Balaban J connectivity index is 2.36. The smallest absolute Gasteiger partial charge is 0.258 e. The van der Waals surface area contributed by atoms with Gasteiger partial charge < -0.3 is 19.9 Å². The second-order valence-corrected chi connectivity index (χ2v) is 3.64. The van der Waals surface area contributed by atoms with Crippen LogP contribution in [0.3, 0.4) is 0 Å². The first-order valence-corrected chi connectivity index (χ1v) is 5.31.